The van der Waals surface area contributed by atoms with Crippen LogP contribution in [0, 0.1) is 0 Å². The summed E-state index contributed by atoms with van der Waals surface area (Å²) in [5, 5.41) is 14.0. The summed E-state index contributed by atoms with van der Waals surface area (Å²) in [6.45, 7) is 6.24. The van der Waals surface area contributed by atoms with Crippen molar-refractivity contribution in [3.8, 4) is 0 Å². The van der Waals surface area contributed by atoms with Gasteiger partial charge in [0.25, 0.3) is 0 Å². The molecular formula is C20H27N5O3. The summed E-state index contributed by atoms with van der Waals surface area (Å²) in [5.74, 6) is 0.0419. The van der Waals surface area contributed by atoms with Crippen molar-refractivity contribution in [2.45, 2.75) is 58.2 Å². The molecule has 1 aliphatic heterocycles. The van der Waals surface area contributed by atoms with Crippen molar-refractivity contribution in [1.29, 1.82) is 0 Å². The zero-order valence-corrected chi connectivity index (χ0v) is 16.5. The summed E-state index contributed by atoms with van der Waals surface area (Å²) < 4.78 is 7.45. The minimum absolute atomic E-state index is 0.0409. The molecule has 1 saturated heterocycles. The number of carbonyl (C=O) groups is 2. The first-order chi connectivity index (χ1) is 13.4. The van der Waals surface area contributed by atoms with E-state index >= 15 is 0 Å². The number of nitrogens with zero attached hydrogens (tertiary/aromatic N) is 3. The molecule has 8 nitrogen and oxygen atoms in total. The second kappa shape index (κ2) is 8.97. The van der Waals surface area contributed by atoms with Crippen molar-refractivity contribution >= 4 is 17.5 Å². The van der Waals surface area contributed by atoms with Crippen LogP contribution in [0.2, 0.25) is 0 Å². The average molecular weight is 385 g/mol. The van der Waals surface area contributed by atoms with Crippen molar-refractivity contribution < 1.29 is 14.3 Å². The SMILES string of the molecule is CC(=O)N[C@@H]1CCO[C@H](c2ccccc2NC(=O)Cn2cc(C(C)C)nn2)C1. The lowest BCUT2D eigenvalue weighted by Crippen LogP contribution is -2.38. The topological polar surface area (TPSA) is 98.1 Å². The fraction of sp³-hybridized carbons (Fsp3) is 0.500. The van der Waals surface area contributed by atoms with Crippen LogP contribution in [0.4, 0.5) is 5.69 Å². The first kappa shape index (κ1) is 20.0. The highest BCUT2D eigenvalue weighted by atomic mass is 16.5. The van der Waals surface area contributed by atoms with E-state index in [0.29, 0.717) is 18.7 Å². The minimum Gasteiger partial charge on any atom is -0.373 e. The number of para-hydroxylation sites is 1. The first-order valence-electron chi connectivity index (χ1n) is 9.60. The first-order valence-corrected chi connectivity index (χ1v) is 9.60. The second-order valence-electron chi connectivity index (χ2n) is 7.41. The Morgan fingerprint density at radius 2 is 2.11 bits per heavy atom. The molecule has 2 heterocycles. The Bertz CT molecular complexity index is 833. The maximum atomic E-state index is 12.5. The maximum Gasteiger partial charge on any atom is 0.246 e. The Labute approximate surface area is 164 Å². The smallest absolute Gasteiger partial charge is 0.246 e. The number of rotatable bonds is 6. The molecule has 0 radical (unpaired) electrons. The standard InChI is InChI=1S/C20H27N5O3/c1-13(2)18-11-25(24-23-18)12-20(27)22-17-7-5-4-6-16(17)19-10-15(8-9-28-19)21-14(3)26/h4-7,11,13,15,19H,8-10,12H2,1-3H3,(H,21,26)(H,22,27)/t15-,19+/m1/s1. The summed E-state index contributed by atoms with van der Waals surface area (Å²) in [6, 6.07) is 7.68. The predicted molar refractivity (Wildman–Crippen MR) is 105 cm³/mol. The van der Waals surface area contributed by atoms with Crippen LogP contribution >= 0.6 is 0 Å². The van der Waals surface area contributed by atoms with E-state index in [1.165, 1.54) is 11.6 Å². The Morgan fingerprint density at radius 1 is 1.32 bits per heavy atom. The summed E-state index contributed by atoms with van der Waals surface area (Å²) in [5.41, 5.74) is 2.48. The van der Waals surface area contributed by atoms with E-state index in [2.05, 4.69) is 20.9 Å². The van der Waals surface area contributed by atoms with E-state index in [4.69, 9.17) is 4.74 Å². The third kappa shape index (κ3) is 5.16. The number of hydrogen-bond acceptors (Lipinski definition) is 5. The van der Waals surface area contributed by atoms with Gasteiger partial charge in [0, 0.05) is 37.0 Å². The van der Waals surface area contributed by atoms with Crippen molar-refractivity contribution in [3.63, 3.8) is 0 Å². The highest BCUT2D eigenvalue weighted by molar-refractivity contribution is 5.91. The zero-order chi connectivity index (χ0) is 20.1. The predicted octanol–water partition coefficient (Wildman–Crippen LogP) is 2.40. The lowest BCUT2D eigenvalue weighted by Gasteiger charge is -2.31. The van der Waals surface area contributed by atoms with Crippen molar-refractivity contribution in [3.05, 3.63) is 41.7 Å². The number of ether oxygens (including phenoxy) is 1. The summed E-state index contributed by atoms with van der Waals surface area (Å²) >= 11 is 0. The molecule has 0 saturated carbocycles. The van der Waals surface area contributed by atoms with Gasteiger partial charge < -0.3 is 15.4 Å². The third-order valence-corrected chi connectivity index (χ3v) is 4.73. The molecule has 28 heavy (non-hydrogen) atoms. The van der Waals surface area contributed by atoms with Gasteiger partial charge in [0.1, 0.15) is 6.54 Å². The molecule has 1 fully saturated rings. The number of carbonyl (C=O) groups excluding carboxylic acids is 2. The van der Waals surface area contributed by atoms with E-state index in [1.54, 1.807) is 6.20 Å². The number of aromatic nitrogens is 3. The molecule has 2 aromatic rings. The van der Waals surface area contributed by atoms with Crippen LogP contribution in [0.1, 0.15) is 56.9 Å². The van der Waals surface area contributed by atoms with Crippen LogP contribution in [-0.2, 0) is 20.9 Å². The molecule has 1 aromatic carbocycles. The molecule has 1 aromatic heterocycles. The molecule has 1 aliphatic rings. The van der Waals surface area contributed by atoms with Crippen LogP contribution in [0.25, 0.3) is 0 Å². The molecule has 8 heteroatoms. The normalized spacial score (nSPS) is 19.4. The van der Waals surface area contributed by atoms with Gasteiger partial charge in [-0.3, -0.25) is 9.59 Å². The molecule has 0 aliphatic carbocycles. The van der Waals surface area contributed by atoms with E-state index in [1.807, 2.05) is 38.1 Å². The van der Waals surface area contributed by atoms with Crippen molar-refractivity contribution in [1.82, 2.24) is 20.3 Å². The molecule has 2 N–H and O–H groups in total. The van der Waals surface area contributed by atoms with Gasteiger partial charge in [-0.2, -0.15) is 0 Å². The van der Waals surface area contributed by atoms with Crippen LogP contribution < -0.4 is 10.6 Å². The van der Waals surface area contributed by atoms with Gasteiger partial charge in [-0.05, 0) is 24.8 Å². The Morgan fingerprint density at radius 3 is 2.82 bits per heavy atom. The quantitative estimate of drug-likeness (QED) is 0.796. The third-order valence-electron chi connectivity index (χ3n) is 4.73. The maximum absolute atomic E-state index is 12.5. The van der Waals surface area contributed by atoms with Crippen molar-refractivity contribution in [2.75, 3.05) is 11.9 Å². The van der Waals surface area contributed by atoms with Crippen LogP contribution in [0.3, 0.4) is 0 Å². The molecule has 3 rings (SSSR count). The molecule has 0 bridgehead atoms. The Balaban J connectivity index is 1.67. The highest BCUT2D eigenvalue weighted by Gasteiger charge is 2.26. The second-order valence-corrected chi connectivity index (χ2v) is 7.41. The fourth-order valence-electron chi connectivity index (χ4n) is 3.32. The number of hydrogen-bond donors (Lipinski definition) is 2. The lowest BCUT2D eigenvalue weighted by molar-refractivity contribution is -0.120. The van der Waals surface area contributed by atoms with Crippen molar-refractivity contribution in [2.24, 2.45) is 0 Å². The molecule has 2 amide bonds. The van der Waals surface area contributed by atoms with Gasteiger partial charge >= 0.3 is 0 Å². The highest BCUT2D eigenvalue weighted by Crippen LogP contribution is 2.32. The fourth-order valence-corrected chi connectivity index (χ4v) is 3.32. The average Bonchev–Trinajstić information content (AvgIpc) is 3.10. The Kier molecular flexibility index (Phi) is 6.41. The van der Waals surface area contributed by atoms with Crippen LogP contribution in [-0.4, -0.2) is 39.5 Å². The van der Waals surface area contributed by atoms with Crippen LogP contribution in [0.5, 0.6) is 0 Å². The largest absolute Gasteiger partial charge is 0.373 e. The van der Waals surface area contributed by atoms with E-state index < -0.39 is 0 Å². The van der Waals surface area contributed by atoms with E-state index in [-0.39, 0.29) is 36.4 Å². The van der Waals surface area contributed by atoms with Crippen LogP contribution in [0.15, 0.2) is 30.5 Å². The van der Waals surface area contributed by atoms with Gasteiger partial charge in [0.2, 0.25) is 11.8 Å². The van der Waals surface area contributed by atoms with Gasteiger partial charge in [0.15, 0.2) is 0 Å². The molecule has 0 spiro atoms. The van der Waals surface area contributed by atoms with Gasteiger partial charge in [-0.25, -0.2) is 4.68 Å². The summed E-state index contributed by atoms with van der Waals surface area (Å²) in [7, 11) is 0. The molecule has 150 valence electrons. The zero-order valence-electron chi connectivity index (χ0n) is 16.5. The molecule has 0 unspecified atom stereocenters. The molecule has 2 atom stereocenters. The number of nitrogens with one attached hydrogen (secondary N) is 2. The number of anilines is 1. The number of amides is 2. The summed E-state index contributed by atoms with van der Waals surface area (Å²) in [4.78, 5) is 23.9. The number of benzene rings is 1. The van der Waals surface area contributed by atoms with E-state index in [9.17, 15) is 9.59 Å². The van der Waals surface area contributed by atoms with Gasteiger partial charge in [-0.15, -0.1) is 5.10 Å². The lowest BCUT2D eigenvalue weighted by atomic mass is 9.96. The summed E-state index contributed by atoms with van der Waals surface area (Å²) in [6.07, 6.45) is 3.07. The van der Waals surface area contributed by atoms with E-state index in [0.717, 1.165) is 17.7 Å². The monoisotopic (exact) mass is 385 g/mol. The van der Waals surface area contributed by atoms with Gasteiger partial charge in [0.05, 0.1) is 11.8 Å². The minimum atomic E-state index is -0.180. The van der Waals surface area contributed by atoms with Gasteiger partial charge in [-0.1, -0.05) is 37.3 Å². The molecular weight excluding hydrogens is 358 g/mol. The Hall–Kier alpha value is -2.74.